The molecule has 0 saturated heterocycles. The molecule has 2 heteroatoms. The molecule has 1 aliphatic rings. The van der Waals surface area contributed by atoms with E-state index in [2.05, 4.69) is 24.0 Å². The molecule has 0 radical (unpaired) electrons. The maximum atomic E-state index is 6.38. The summed E-state index contributed by atoms with van der Waals surface area (Å²) in [6.45, 7) is 2.16. The summed E-state index contributed by atoms with van der Waals surface area (Å²) >= 11 is 0. The van der Waals surface area contributed by atoms with Gasteiger partial charge in [-0.1, -0.05) is 38.7 Å². The van der Waals surface area contributed by atoms with Gasteiger partial charge < -0.3 is 5.73 Å². The quantitative estimate of drug-likeness (QED) is 0.826. The molecule has 1 aromatic heterocycles. The van der Waals surface area contributed by atoms with E-state index in [-0.39, 0.29) is 0 Å². The first-order chi connectivity index (χ1) is 8.79. The van der Waals surface area contributed by atoms with Gasteiger partial charge >= 0.3 is 0 Å². The summed E-state index contributed by atoms with van der Waals surface area (Å²) in [5.74, 6) is 0.708. The zero-order chi connectivity index (χ0) is 12.8. The predicted molar refractivity (Wildman–Crippen MR) is 76.5 cm³/mol. The molecule has 1 atom stereocenters. The number of hydrogen-bond acceptors (Lipinski definition) is 2. The molecule has 2 rings (SSSR count). The summed E-state index contributed by atoms with van der Waals surface area (Å²) < 4.78 is 0. The number of nitrogens with two attached hydrogens (primary N) is 1. The fraction of sp³-hybridized carbons (Fsp3) is 0.688. The van der Waals surface area contributed by atoms with Gasteiger partial charge in [-0.2, -0.15) is 0 Å². The van der Waals surface area contributed by atoms with Crippen molar-refractivity contribution < 1.29 is 0 Å². The van der Waals surface area contributed by atoms with Crippen molar-refractivity contribution in [3.8, 4) is 0 Å². The second kappa shape index (κ2) is 6.89. The first-order valence-corrected chi connectivity index (χ1v) is 7.49. The number of pyridine rings is 1. The minimum absolute atomic E-state index is 0.295. The van der Waals surface area contributed by atoms with Gasteiger partial charge in [-0.05, 0) is 36.8 Å². The third kappa shape index (κ3) is 3.81. The second-order valence-electron chi connectivity index (χ2n) is 5.63. The van der Waals surface area contributed by atoms with Crippen LogP contribution < -0.4 is 5.73 Å². The normalized spacial score (nSPS) is 19.4. The SMILES string of the molecule is CCc1ccc(CC(N)C2CCCCCC2)nc1. The van der Waals surface area contributed by atoms with E-state index in [9.17, 15) is 0 Å². The van der Waals surface area contributed by atoms with Crippen molar-refractivity contribution in [3.63, 3.8) is 0 Å². The molecular weight excluding hydrogens is 220 g/mol. The van der Waals surface area contributed by atoms with Gasteiger partial charge in [-0.25, -0.2) is 0 Å². The second-order valence-corrected chi connectivity index (χ2v) is 5.63. The predicted octanol–water partition coefficient (Wildman–Crippen LogP) is 3.48. The van der Waals surface area contributed by atoms with Crippen LogP contribution in [0.3, 0.4) is 0 Å². The van der Waals surface area contributed by atoms with Crippen LogP contribution in [0, 0.1) is 5.92 Å². The Bertz CT molecular complexity index is 337. The average Bonchev–Trinajstić information content (AvgIpc) is 2.68. The molecule has 0 bridgehead atoms. The van der Waals surface area contributed by atoms with E-state index in [1.54, 1.807) is 0 Å². The van der Waals surface area contributed by atoms with Crippen molar-refractivity contribution in [1.82, 2.24) is 4.98 Å². The molecule has 1 aromatic rings. The van der Waals surface area contributed by atoms with E-state index < -0.39 is 0 Å². The van der Waals surface area contributed by atoms with Crippen molar-refractivity contribution in [3.05, 3.63) is 29.6 Å². The smallest absolute Gasteiger partial charge is 0.0419 e. The van der Waals surface area contributed by atoms with E-state index in [1.807, 2.05) is 6.20 Å². The highest BCUT2D eigenvalue weighted by atomic mass is 14.7. The monoisotopic (exact) mass is 246 g/mol. The Morgan fingerprint density at radius 2 is 1.94 bits per heavy atom. The van der Waals surface area contributed by atoms with E-state index in [0.717, 1.165) is 18.5 Å². The summed E-state index contributed by atoms with van der Waals surface area (Å²) in [6, 6.07) is 4.63. The molecule has 18 heavy (non-hydrogen) atoms. The fourth-order valence-electron chi connectivity index (χ4n) is 2.93. The summed E-state index contributed by atoms with van der Waals surface area (Å²) in [5, 5.41) is 0. The van der Waals surface area contributed by atoms with Gasteiger partial charge in [0.15, 0.2) is 0 Å². The Kier molecular flexibility index (Phi) is 5.18. The van der Waals surface area contributed by atoms with Crippen molar-refractivity contribution in [2.24, 2.45) is 11.7 Å². The third-order valence-corrected chi connectivity index (χ3v) is 4.24. The van der Waals surface area contributed by atoms with Crippen LogP contribution in [0.25, 0.3) is 0 Å². The van der Waals surface area contributed by atoms with Crippen LogP contribution in [0.4, 0.5) is 0 Å². The number of hydrogen-bond donors (Lipinski definition) is 1. The van der Waals surface area contributed by atoms with Crippen LogP contribution in [-0.2, 0) is 12.8 Å². The van der Waals surface area contributed by atoms with Crippen LogP contribution >= 0.6 is 0 Å². The fourth-order valence-corrected chi connectivity index (χ4v) is 2.93. The molecule has 100 valence electrons. The number of aryl methyl sites for hydroxylation is 1. The van der Waals surface area contributed by atoms with Gasteiger partial charge in [0.2, 0.25) is 0 Å². The molecular formula is C16H26N2. The summed E-state index contributed by atoms with van der Waals surface area (Å²) in [4.78, 5) is 4.53. The molecule has 0 spiro atoms. The largest absolute Gasteiger partial charge is 0.327 e. The zero-order valence-corrected chi connectivity index (χ0v) is 11.6. The highest BCUT2D eigenvalue weighted by Crippen LogP contribution is 2.25. The third-order valence-electron chi connectivity index (χ3n) is 4.24. The van der Waals surface area contributed by atoms with Gasteiger partial charge in [0.25, 0.3) is 0 Å². The molecule has 1 unspecified atom stereocenters. The summed E-state index contributed by atoms with van der Waals surface area (Å²) in [5.41, 5.74) is 8.84. The summed E-state index contributed by atoms with van der Waals surface area (Å²) in [7, 11) is 0. The molecule has 2 nitrogen and oxygen atoms in total. The number of nitrogens with zero attached hydrogens (tertiary/aromatic N) is 1. The molecule has 0 aliphatic heterocycles. The topological polar surface area (TPSA) is 38.9 Å². The highest BCUT2D eigenvalue weighted by molar-refractivity contribution is 5.14. The van der Waals surface area contributed by atoms with Crippen LogP contribution in [0.1, 0.15) is 56.7 Å². The first kappa shape index (κ1) is 13.5. The van der Waals surface area contributed by atoms with Crippen molar-refractivity contribution in [2.45, 2.75) is 64.3 Å². The van der Waals surface area contributed by atoms with E-state index in [0.29, 0.717) is 12.0 Å². The van der Waals surface area contributed by atoms with Crippen LogP contribution in [-0.4, -0.2) is 11.0 Å². The standard InChI is InChI=1S/C16H26N2/c1-2-13-9-10-15(18-12-13)11-16(17)14-7-5-3-4-6-8-14/h9-10,12,14,16H,2-8,11,17H2,1H3. The maximum Gasteiger partial charge on any atom is 0.0419 e. The van der Waals surface area contributed by atoms with Gasteiger partial charge in [-0.15, -0.1) is 0 Å². The molecule has 0 aromatic carbocycles. The van der Waals surface area contributed by atoms with Gasteiger partial charge in [-0.3, -0.25) is 4.98 Å². The zero-order valence-electron chi connectivity index (χ0n) is 11.6. The number of rotatable bonds is 4. The highest BCUT2D eigenvalue weighted by Gasteiger charge is 2.19. The lowest BCUT2D eigenvalue weighted by Gasteiger charge is -2.22. The molecule has 2 N–H and O–H groups in total. The Balaban J connectivity index is 1.90. The van der Waals surface area contributed by atoms with E-state index in [1.165, 1.54) is 44.1 Å². The van der Waals surface area contributed by atoms with Crippen molar-refractivity contribution in [2.75, 3.05) is 0 Å². The minimum Gasteiger partial charge on any atom is -0.327 e. The molecule has 0 amide bonds. The lowest BCUT2D eigenvalue weighted by Crippen LogP contribution is -2.32. The van der Waals surface area contributed by atoms with Crippen LogP contribution in [0.2, 0.25) is 0 Å². The molecule has 1 fully saturated rings. The Morgan fingerprint density at radius 1 is 1.22 bits per heavy atom. The van der Waals surface area contributed by atoms with Crippen molar-refractivity contribution >= 4 is 0 Å². The average molecular weight is 246 g/mol. The van der Waals surface area contributed by atoms with Crippen LogP contribution in [0.15, 0.2) is 18.3 Å². The van der Waals surface area contributed by atoms with Crippen LogP contribution in [0.5, 0.6) is 0 Å². The molecule has 1 aliphatic carbocycles. The van der Waals surface area contributed by atoms with Gasteiger partial charge in [0, 0.05) is 24.4 Å². The van der Waals surface area contributed by atoms with E-state index >= 15 is 0 Å². The molecule has 1 heterocycles. The summed E-state index contributed by atoms with van der Waals surface area (Å²) in [6.07, 6.45) is 12.1. The Morgan fingerprint density at radius 3 is 2.50 bits per heavy atom. The Hall–Kier alpha value is -0.890. The van der Waals surface area contributed by atoms with Gasteiger partial charge in [0.1, 0.15) is 0 Å². The lowest BCUT2D eigenvalue weighted by molar-refractivity contribution is 0.370. The maximum absolute atomic E-state index is 6.38. The number of aromatic nitrogens is 1. The minimum atomic E-state index is 0.295. The molecule has 1 saturated carbocycles. The lowest BCUT2D eigenvalue weighted by atomic mass is 9.89. The van der Waals surface area contributed by atoms with Crippen molar-refractivity contribution in [1.29, 1.82) is 0 Å². The van der Waals surface area contributed by atoms with Gasteiger partial charge in [0.05, 0.1) is 0 Å². The van der Waals surface area contributed by atoms with E-state index in [4.69, 9.17) is 5.73 Å². The Labute approximate surface area is 111 Å². The first-order valence-electron chi connectivity index (χ1n) is 7.49.